The van der Waals surface area contributed by atoms with Crippen molar-refractivity contribution in [3.8, 4) is 0 Å². The molecule has 0 aliphatic heterocycles. The number of nitrogens with two attached hydrogens (primary N) is 1. The number of aliphatic hydroxyl groups is 2. The van der Waals surface area contributed by atoms with Gasteiger partial charge in [0.1, 0.15) is 18.1 Å². The summed E-state index contributed by atoms with van der Waals surface area (Å²) in [7, 11) is 0. The van der Waals surface area contributed by atoms with E-state index in [0.717, 1.165) is 0 Å². The van der Waals surface area contributed by atoms with Crippen LogP contribution in [0.2, 0.25) is 0 Å². The van der Waals surface area contributed by atoms with Gasteiger partial charge < -0.3 is 37.0 Å². The minimum Gasteiger partial charge on any atom is -0.480 e. The molecule has 30 heavy (non-hydrogen) atoms. The van der Waals surface area contributed by atoms with E-state index in [1.165, 1.54) is 6.92 Å². The maximum Gasteiger partial charge on any atom is 0.328 e. The van der Waals surface area contributed by atoms with Crippen molar-refractivity contribution in [1.29, 1.82) is 0 Å². The summed E-state index contributed by atoms with van der Waals surface area (Å²) in [6.07, 6.45) is -0.428. The van der Waals surface area contributed by atoms with E-state index < -0.39 is 60.6 Å². The van der Waals surface area contributed by atoms with Crippen LogP contribution in [-0.4, -0.2) is 75.9 Å². The Kier molecular flexibility index (Phi) is 12.2. The summed E-state index contributed by atoms with van der Waals surface area (Å²) in [5.41, 5.74) is 5.92. The second-order valence-corrected chi connectivity index (χ2v) is 7.91. The summed E-state index contributed by atoms with van der Waals surface area (Å²) >= 11 is 0. The molecule has 0 aliphatic carbocycles. The minimum absolute atomic E-state index is 0.0190. The molecule has 11 heteroatoms. The lowest BCUT2D eigenvalue weighted by atomic mass is 9.97. The van der Waals surface area contributed by atoms with E-state index in [-0.39, 0.29) is 18.3 Å². The molecule has 8 N–H and O–H groups in total. The third-order valence-corrected chi connectivity index (χ3v) is 4.76. The molecule has 11 nitrogen and oxygen atoms in total. The number of aliphatic hydroxyl groups excluding tert-OH is 2. The molecule has 0 rings (SSSR count). The standard InChI is InChI=1S/C19H36N4O7/c1-6-10(4)14(20)17(27)21-12(7-9(2)3)16(26)23-15(11(5)25)18(28)22-13(8-24)19(29)30/h9-15,24-25H,6-8,20H2,1-5H3,(H,21,27)(H,22,28)(H,23,26)(H,29,30). The van der Waals surface area contributed by atoms with E-state index >= 15 is 0 Å². The number of hydrogen-bond acceptors (Lipinski definition) is 7. The highest BCUT2D eigenvalue weighted by molar-refractivity contribution is 5.94. The Bertz CT molecular complexity index is 597. The molecule has 0 heterocycles. The van der Waals surface area contributed by atoms with Gasteiger partial charge in [0.2, 0.25) is 17.7 Å². The minimum atomic E-state index is -1.59. The first-order valence-electron chi connectivity index (χ1n) is 10.0. The van der Waals surface area contributed by atoms with Gasteiger partial charge in [0.15, 0.2) is 0 Å². The molecule has 0 aromatic heterocycles. The van der Waals surface area contributed by atoms with Gasteiger partial charge in [-0.25, -0.2) is 4.79 Å². The zero-order valence-electron chi connectivity index (χ0n) is 18.2. The summed E-state index contributed by atoms with van der Waals surface area (Å²) in [4.78, 5) is 48.5. The summed E-state index contributed by atoms with van der Waals surface area (Å²) in [6.45, 7) is 7.78. The maximum atomic E-state index is 12.8. The quantitative estimate of drug-likeness (QED) is 0.179. The van der Waals surface area contributed by atoms with Gasteiger partial charge in [0.05, 0.1) is 18.8 Å². The fraction of sp³-hybridized carbons (Fsp3) is 0.789. The summed E-state index contributed by atoms with van der Waals surface area (Å²) in [5.74, 6) is -3.75. The normalized spacial score (nSPS) is 17.2. The Balaban J connectivity index is 5.38. The largest absolute Gasteiger partial charge is 0.480 e. The lowest BCUT2D eigenvalue weighted by Gasteiger charge is -2.27. The van der Waals surface area contributed by atoms with Crippen molar-refractivity contribution in [2.75, 3.05) is 6.61 Å². The first-order valence-corrected chi connectivity index (χ1v) is 10.0. The fourth-order valence-corrected chi connectivity index (χ4v) is 2.59. The van der Waals surface area contributed by atoms with Gasteiger partial charge in [-0.15, -0.1) is 0 Å². The first kappa shape index (κ1) is 27.8. The van der Waals surface area contributed by atoms with Crippen molar-refractivity contribution >= 4 is 23.7 Å². The van der Waals surface area contributed by atoms with Crippen LogP contribution in [0.1, 0.15) is 47.5 Å². The zero-order chi connectivity index (χ0) is 23.6. The Labute approximate surface area is 176 Å². The molecule has 0 aromatic carbocycles. The Morgan fingerprint density at radius 3 is 1.83 bits per heavy atom. The molecule has 0 radical (unpaired) electrons. The monoisotopic (exact) mass is 432 g/mol. The number of rotatable bonds is 13. The Morgan fingerprint density at radius 2 is 1.43 bits per heavy atom. The smallest absolute Gasteiger partial charge is 0.328 e. The molecule has 0 aliphatic rings. The van der Waals surface area contributed by atoms with Crippen LogP contribution < -0.4 is 21.7 Å². The van der Waals surface area contributed by atoms with Gasteiger partial charge in [-0.1, -0.05) is 34.1 Å². The number of carbonyl (C=O) groups excluding carboxylic acids is 3. The van der Waals surface area contributed by atoms with Crippen LogP contribution in [0.5, 0.6) is 0 Å². The molecule has 0 bridgehead atoms. The molecule has 174 valence electrons. The summed E-state index contributed by atoms with van der Waals surface area (Å²) in [5, 5.41) is 34.9. The van der Waals surface area contributed by atoms with Crippen LogP contribution in [0, 0.1) is 11.8 Å². The van der Waals surface area contributed by atoms with E-state index in [1.807, 2.05) is 33.0 Å². The van der Waals surface area contributed by atoms with Gasteiger partial charge >= 0.3 is 5.97 Å². The van der Waals surface area contributed by atoms with Gasteiger partial charge in [0.25, 0.3) is 0 Å². The van der Waals surface area contributed by atoms with Crippen LogP contribution in [0.15, 0.2) is 0 Å². The third-order valence-electron chi connectivity index (χ3n) is 4.76. The van der Waals surface area contributed by atoms with Gasteiger partial charge in [0, 0.05) is 0 Å². The Hall–Kier alpha value is -2.24. The van der Waals surface area contributed by atoms with E-state index in [2.05, 4.69) is 10.6 Å². The molecule has 0 spiro atoms. The molecule has 3 amide bonds. The second-order valence-electron chi connectivity index (χ2n) is 7.91. The van der Waals surface area contributed by atoms with E-state index in [0.29, 0.717) is 6.42 Å². The highest BCUT2D eigenvalue weighted by Crippen LogP contribution is 2.09. The van der Waals surface area contributed by atoms with Gasteiger partial charge in [-0.05, 0) is 25.2 Å². The Morgan fingerprint density at radius 1 is 0.900 bits per heavy atom. The van der Waals surface area contributed by atoms with Crippen molar-refractivity contribution in [1.82, 2.24) is 16.0 Å². The number of amides is 3. The lowest BCUT2D eigenvalue weighted by Crippen LogP contribution is -2.60. The first-order chi connectivity index (χ1) is 13.8. The highest BCUT2D eigenvalue weighted by atomic mass is 16.4. The molecule has 0 saturated carbocycles. The van der Waals surface area contributed by atoms with E-state index in [4.69, 9.17) is 15.9 Å². The highest BCUT2D eigenvalue weighted by Gasteiger charge is 2.33. The molecule has 6 unspecified atom stereocenters. The predicted octanol–water partition coefficient (Wildman–Crippen LogP) is -1.68. The van der Waals surface area contributed by atoms with Crippen LogP contribution in [-0.2, 0) is 19.2 Å². The molecule has 0 saturated heterocycles. The number of nitrogens with one attached hydrogen (secondary N) is 3. The number of carboxylic acid groups (broad SMARTS) is 1. The SMILES string of the molecule is CCC(C)C(N)C(=O)NC(CC(C)C)C(=O)NC(C(=O)NC(CO)C(=O)O)C(C)O. The second kappa shape index (κ2) is 13.1. The number of carboxylic acids is 1. The summed E-state index contributed by atoms with van der Waals surface area (Å²) in [6, 6.07) is -4.89. The maximum absolute atomic E-state index is 12.8. The number of aliphatic carboxylic acids is 1. The van der Waals surface area contributed by atoms with Gasteiger partial charge in [-0.2, -0.15) is 0 Å². The van der Waals surface area contributed by atoms with Crippen molar-refractivity contribution < 1.29 is 34.5 Å². The summed E-state index contributed by atoms with van der Waals surface area (Å²) < 4.78 is 0. The molecule has 0 aromatic rings. The van der Waals surface area contributed by atoms with Crippen molar-refractivity contribution in [3.63, 3.8) is 0 Å². The average molecular weight is 433 g/mol. The van der Waals surface area contributed by atoms with Crippen molar-refractivity contribution in [2.45, 2.75) is 77.7 Å². The van der Waals surface area contributed by atoms with Crippen LogP contribution >= 0.6 is 0 Å². The number of hydrogen-bond donors (Lipinski definition) is 7. The predicted molar refractivity (Wildman–Crippen MR) is 109 cm³/mol. The van der Waals surface area contributed by atoms with Gasteiger partial charge in [-0.3, -0.25) is 14.4 Å². The van der Waals surface area contributed by atoms with E-state index in [9.17, 15) is 24.3 Å². The third kappa shape index (κ3) is 9.06. The van der Waals surface area contributed by atoms with Crippen LogP contribution in [0.25, 0.3) is 0 Å². The average Bonchev–Trinajstić information content (AvgIpc) is 2.66. The molecular weight excluding hydrogens is 396 g/mol. The zero-order valence-corrected chi connectivity index (χ0v) is 18.2. The lowest BCUT2D eigenvalue weighted by molar-refractivity contribution is -0.144. The fourth-order valence-electron chi connectivity index (χ4n) is 2.59. The van der Waals surface area contributed by atoms with Crippen molar-refractivity contribution in [3.05, 3.63) is 0 Å². The van der Waals surface area contributed by atoms with E-state index in [1.54, 1.807) is 0 Å². The van der Waals surface area contributed by atoms with Crippen LogP contribution in [0.3, 0.4) is 0 Å². The molecule has 0 fully saturated rings. The molecule has 6 atom stereocenters. The topological polar surface area (TPSA) is 191 Å². The molecular formula is C19H36N4O7. The van der Waals surface area contributed by atoms with Crippen LogP contribution in [0.4, 0.5) is 0 Å². The van der Waals surface area contributed by atoms with Crippen molar-refractivity contribution in [2.24, 2.45) is 17.6 Å². The number of carbonyl (C=O) groups is 4.